The van der Waals surface area contributed by atoms with Crippen molar-refractivity contribution < 1.29 is 19.1 Å². The summed E-state index contributed by atoms with van der Waals surface area (Å²) in [5, 5.41) is 0. The summed E-state index contributed by atoms with van der Waals surface area (Å²) in [5.74, 6) is 0.319. The average molecular weight is 342 g/mol. The van der Waals surface area contributed by atoms with Crippen molar-refractivity contribution in [3.8, 4) is 11.5 Å². The molecule has 0 aliphatic rings. The third-order valence-electron chi connectivity index (χ3n) is 3.42. The Bertz CT molecular complexity index is 714. The first kappa shape index (κ1) is 18.3. The normalized spacial score (nSPS) is 10.0. The second-order valence-electron chi connectivity index (χ2n) is 5.25. The van der Waals surface area contributed by atoms with Gasteiger partial charge in [0.2, 0.25) is 0 Å². The Morgan fingerprint density at radius 3 is 2.36 bits per heavy atom. The lowest BCUT2D eigenvalue weighted by Crippen LogP contribution is -2.43. The minimum Gasteiger partial charge on any atom is -0.494 e. The average Bonchev–Trinajstić information content (AvgIpc) is 2.65. The fraction of sp³-hybridized carbons (Fsp3) is 0.263. The Hall–Kier alpha value is -3.02. The molecule has 0 atom stereocenters. The highest BCUT2D eigenvalue weighted by atomic mass is 16.5. The third kappa shape index (κ3) is 5.84. The summed E-state index contributed by atoms with van der Waals surface area (Å²) in [7, 11) is 0. The van der Waals surface area contributed by atoms with E-state index in [2.05, 4.69) is 17.8 Å². The summed E-state index contributed by atoms with van der Waals surface area (Å²) in [5.41, 5.74) is 6.25. The predicted octanol–water partition coefficient (Wildman–Crippen LogP) is 2.49. The molecule has 2 aromatic rings. The molecule has 0 spiro atoms. The van der Waals surface area contributed by atoms with Crippen LogP contribution in [-0.4, -0.2) is 25.0 Å². The van der Waals surface area contributed by atoms with Crippen LogP contribution in [0.5, 0.6) is 11.5 Å². The van der Waals surface area contributed by atoms with Crippen LogP contribution in [0.2, 0.25) is 0 Å². The minimum atomic E-state index is -0.450. The minimum absolute atomic E-state index is 0.190. The van der Waals surface area contributed by atoms with E-state index in [1.54, 1.807) is 24.3 Å². The summed E-state index contributed by atoms with van der Waals surface area (Å²) in [4.78, 5) is 23.8. The molecule has 0 saturated carbocycles. The first-order chi connectivity index (χ1) is 12.1. The summed E-state index contributed by atoms with van der Waals surface area (Å²) >= 11 is 0. The van der Waals surface area contributed by atoms with Crippen LogP contribution in [0.4, 0.5) is 0 Å². The fourth-order valence-electron chi connectivity index (χ4n) is 2.10. The number of rotatable bonds is 7. The number of benzene rings is 2. The molecule has 0 aromatic heterocycles. The van der Waals surface area contributed by atoms with Crippen LogP contribution in [0.1, 0.15) is 29.8 Å². The number of aryl methyl sites for hydroxylation is 1. The molecule has 0 fully saturated rings. The van der Waals surface area contributed by atoms with Gasteiger partial charge in [0, 0.05) is 5.56 Å². The Balaban J connectivity index is 1.78. The van der Waals surface area contributed by atoms with E-state index >= 15 is 0 Å². The number of hydrogen-bond acceptors (Lipinski definition) is 4. The maximum atomic E-state index is 12.0. The van der Waals surface area contributed by atoms with E-state index in [0.29, 0.717) is 23.7 Å². The second-order valence-corrected chi connectivity index (χ2v) is 5.25. The van der Waals surface area contributed by atoms with E-state index in [9.17, 15) is 9.59 Å². The highest BCUT2D eigenvalue weighted by Gasteiger charge is 2.09. The zero-order chi connectivity index (χ0) is 18.1. The third-order valence-corrected chi connectivity index (χ3v) is 3.42. The van der Waals surface area contributed by atoms with Gasteiger partial charge in [-0.25, -0.2) is 0 Å². The Kier molecular flexibility index (Phi) is 6.83. The van der Waals surface area contributed by atoms with Gasteiger partial charge in [0.05, 0.1) is 6.61 Å². The molecular formula is C19H22N2O4. The van der Waals surface area contributed by atoms with Crippen LogP contribution >= 0.6 is 0 Å². The summed E-state index contributed by atoms with van der Waals surface area (Å²) in [6.07, 6.45) is 0.942. The molecular weight excluding hydrogens is 320 g/mol. The zero-order valence-corrected chi connectivity index (χ0v) is 14.4. The summed E-state index contributed by atoms with van der Waals surface area (Å²) < 4.78 is 10.7. The van der Waals surface area contributed by atoms with E-state index in [1.165, 1.54) is 5.56 Å². The molecule has 2 N–H and O–H groups in total. The molecule has 25 heavy (non-hydrogen) atoms. The van der Waals surface area contributed by atoms with Gasteiger partial charge in [0.25, 0.3) is 11.8 Å². The molecule has 2 amide bonds. The van der Waals surface area contributed by atoms with Crippen LogP contribution in [0.15, 0.2) is 48.5 Å². The molecule has 2 aromatic carbocycles. The molecule has 0 aliphatic heterocycles. The van der Waals surface area contributed by atoms with Crippen LogP contribution in [-0.2, 0) is 11.2 Å². The molecule has 132 valence electrons. The predicted molar refractivity (Wildman–Crippen MR) is 94.5 cm³/mol. The number of ether oxygens (including phenoxy) is 2. The van der Waals surface area contributed by atoms with E-state index in [-0.39, 0.29) is 6.61 Å². The number of carbonyl (C=O) groups excluding carboxylic acids is 2. The van der Waals surface area contributed by atoms with Crippen molar-refractivity contribution in [2.75, 3.05) is 13.2 Å². The Labute approximate surface area is 147 Å². The lowest BCUT2D eigenvalue weighted by Gasteiger charge is -2.10. The number of hydrogen-bond donors (Lipinski definition) is 2. The zero-order valence-electron chi connectivity index (χ0n) is 14.4. The van der Waals surface area contributed by atoms with E-state index in [4.69, 9.17) is 9.47 Å². The maximum absolute atomic E-state index is 12.0. The largest absolute Gasteiger partial charge is 0.494 e. The number of hydrazine groups is 1. The SMILES string of the molecule is CCOc1cccc(C(=O)NNC(=O)COc2ccc(CC)cc2)c1. The smallest absolute Gasteiger partial charge is 0.276 e. The standard InChI is InChI=1S/C19H22N2O4/c1-3-14-8-10-16(11-9-14)25-13-18(22)20-21-19(23)15-6-5-7-17(12-15)24-4-2/h5-12H,3-4,13H2,1-2H3,(H,20,22)(H,21,23). The van der Waals surface area contributed by atoms with Crippen molar-refractivity contribution in [3.63, 3.8) is 0 Å². The molecule has 0 unspecified atom stereocenters. The Morgan fingerprint density at radius 1 is 0.920 bits per heavy atom. The first-order valence-electron chi connectivity index (χ1n) is 8.16. The lowest BCUT2D eigenvalue weighted by atomic mass is 10.2. The van der Waals surface area contributed by atoms with Crippen molar-refractivity contribution in [1.82, 2.24) is 10.9 Å². The van der Waals surface area contributed by atoms with Gasteiger partial charge in [0.15, 0.2) is 6.61 Å². The van der Waals surface area contributed by atoms with Crippen molar-refractivity contribution in [1.29, 1.82) is 0 Å². The number of amides is 2. The summed E-state index contributed by atoms with van der Waals surface area (Å²) in [6.45, 7) is 4.25. The molecule has 0 aliphatic carbocycles. The highest BCUT2D eigenvalue weighted by Crippen LogP contribution is 2.13. The van der Waals surface area contributed by atoms with Crippen molar-refractivity contribution in [2.24, 2.45) is 0 Å². The molecule has 0 radical (unpaired) electrons. The van der Waals surface area contributed by atoms with Gasteiger partial charge in [0.1, 0.15) is 11.5 Å². The molecule has 0 bridgehead atoms. The molecule has 6 nitrogen and oxygen atoms in total. The number of carbonyl (C=O) groups is 2. The van der Waals surface area contributed by atoms with Crippen LogP contribution in [0.25, 0.3) is 0 Å². The first-order valence-corrected chi connectivity index (χ1v) is 8.16. The van der Waals surface area contributed by atoms with Crippen LogP contribution in [0.3, 0.4) is 0 Å². The molecule has 6 heteroatoms. The van der Waals surface area contributed by atoms with Gasteiger partial charge in [-0.1, -0.05) is 25.1 Å². The van der Waals surface area contributed by atoms with Gasteiger partial charge < -0.3 is 9.47 Å². The van der Waals surface area contributed by atoms with Gasteiger partial charge in [-0.3, -0.25) is 20.4 Å². The topological polar surface area (TPSA) is 76.7 Å². The molecule has 2 rings (SSSR count). The lowest BCUT2D eigenvalue weighted by molar-refractivity contribution is -0.123. The fourth-order valence-corrected chi connectivity index (χ4v) is 2.10. The van der Waals surface area contributed by atoms with Crippen molar-refractivity contribution in [3.05, 3.63) is 59.7 Å². The molecule has 0 saturated heterocycles. The van der Waals surface area contributed by atoms with Gasteiger partial charge >= 0.3 is 0 Å². The van der Waals surface area contributed by atoms with E-state index in [0.717, 1.165) is 6.42 Å². The van der Waals surface area contributed by atoms with Crippen LogP contribution < -0.4 is 20.3 Å². The maximum Gasteiger partial charge on any atom is 0.276 e. The van der Waals surface area contributed by atoms with Gasteiger partial charge in [-0.2, -0.15) is 0 Å². The van der Waals surface area contributed by atoms with Gasteiger partial charge in [-0.15, -0.1) is 0 Å². The van der Waals surface area contributed by atoms with Crippen molar-refractivity contribution in [2.45, 2.75) is 20.3 Å². The summed E-state index contributed by atoms with van der Waals surface area (Å²) in [6, 6.07) is 14.2. The van der Waals surface area contributed by atoms with E-state index < -0.39 is 11.8 Å². The Morgan fingerprint density at radius 2 is 1.68 bits per heavy atom. The van der Waals surface area contributed by atoms with Crippen molar-refractivity contribution >= 4 is 11.8 Å². The quantitative estimate of drug-likeness (QED) is 0.758. The second kappa shape index (κ2) is 9.32. The van der Waals surface area contributed by atoms with E-state index in [1.807, 2.05) is 31.2 Å². The number of nitrogens with one attached hydrogen (secondary N) is 2. The van der Waals surface area contributed by atoms with Crippen LogP contribution in [0, 0.1) is 0 Å². The monoisotopic (exact) mass is 342 g/mol. The van der Waals surface area contributed by atoms with Gasteiger partial charge in [-0.05, 0) is 49.2 Å². The highest BCUT2D eigenvalue weighted by molar-refractivity contribution is 5.95. The molecule has 0 heterocycles.